The molecule has 0 bridgehead atoms. The minimum absolute atomic E-state index is 0.0349. The maximum absolute atomic E-state index is 14.2. The molecule has 6 nitrogen and oxygen atoms in total. The SMILES string of the molecule is [C-]#[N+]C1=C[C@]2(C)C3=CC(=O)[C@@H]4[C@@H]5CC(C)(C)C[C@@H](C(=O)OC)C5CC[C@@]4(C)[C@]3(C)CC[C@H]2[C@](C)(O)C1=O. The van der Waals surface area contributed by atoms with E-state index >= 15 is 0 Å². The number of carbonyl (C=O) groups excluding carboxylic acids is 3. The van der Waals surface area contributed by atoms with Crippen LogP contribution in [-0.2, 0) is 19.1 Å². The Morgan fingerprint density at radius 1 is 1.05 bits per heavy atom. The predicted octanol–water partition coefficient (Wildman–Crippen LogP) is 5.31. The van der Waals surface area contributed by atoms with Crippen molar-refractivity contribution in [2.24, 2.45) is 51.2 Å². The first-order valence-corrected chi connectivity index (χ1v) is 13.8. The molecule has 1 unspecified atom stereocenters. The lowest BCUT2D eigenvalue weighted by molar-refractivity contribution is -0.174. The van der Waals surface area contributed by atoms with Gasteiger partial charge in [-0.2, -0.15) is 0 Å². The van der Waals surface area contributed by atoms with E-state index in [2.05, 4.69) is 32.5 Å². The van der Waals surface area contributed by atoms with Gasteiger partial charge in [0.05, 0.1) is 19.6 Å². The second-order valence-electron chi connectivity index (χ2n) is 14.2. The zero-order chi connectivity index (χ0) is 27.3. The fourth-order valence-electron chi connectivity index (χ4n) is 10.0. The van der Waals surface area contributed by atoms with Gasteiger partial charge in [-0.25, -0.2) is 4.85 Å². The summed E-state index contributed by atoms with van der Waals surface area (Å²) >= 11 is 0. The largest absolute Gasteiger partial charge is 0.469 e. The fourth-order valence-corrected chi connectivity index (χ4v) is 10.0. The van der Waals surface area contributed by atoms with Gasteiger partial charge in [0.1, 0.15) is 5.60 Å². The van der Waals surface area contributed by atoms with Gasteiger partial charge in [0.25, 0.3) is 0 Å². The van der Waals surface area contributed by atoms with Crippen molar-refractivity contribution in [3.63, 3.8) is 0 Å². The Kier molecular flexibility index (Phi) is 5.61. The second kappa shape index (κ2) is 7.88. The average molecular weight is 508 g/mol. The van der Waals surface area contributed by atoms with E-state index in [4.69, 9.17) is 11.3 Å². The molecule has 200 valence electrons. The Bertz CT molecular complexity index is 1190. The molecule has 3 saturated carbocycles. The van der Waals surface area contributed by atoms with Gasteiger partial charge in [-0.3, -0.25) is 9.59 Å². The summed E-state index contributed by atoms with van der Waals surface area (Å²) in [7, 11) is 1.46. The lowest BCUT2D eigenvalue weighted by Crippen LogP contribution is -2.65. The summed E-state index contributed by atoms with van der Waals surface area (Å²) in [6.07, 6.45) is 8.38. The molecule has 5 rings (SSSR count). The molecule has 0 amide bonds. The lowest BCUT2D eigenvalue weighted by atomic mass is 9.36. The molecular weight excluding hydrogens is 466 g/mol. The second-order valence-corrected chi connectivity index (χ2v) is 14.2. The minimum Gasteiger partial charge on any atom is -0.469 e. The molecule has 37 heavy (non-hydrogen) atoms. The topological polar surface area (TPSA) is 85.0 Å². The number of ether oxygens (including phenoxy) is 1. The van der Waals surface area contributed by atoms with Gasteiger partial charge in [-0.05, 0) is 79.6 Å². The van der Waals surface area contributed by atoms with Crippen molar-refractivity contribution in [2.45, 2.75) is 85.7 Å². The highest BCUT2D eigenvalue weighted by Gasteiger charge is 2.69. The van der Waals surface area contributed by atoms with E-state index in [0.717, 1.165) is 37.7 Å². The highest BCUT2D eigenvalue weighted by atomic mass is 16.5. The molecular formula is C31H41NO5. The molecule has 9 atom stereocenters. The molecule has 5 aliphatic carbocycles. The van der Waals surface area contributed by atoms with E-state index < -0.39 is 16.8 Å². The third-order valence-electron chi connectivity index (χ3n) is 11.9. The van der Waals surface area contributed by atoms with Gasteiger partial charge in [0.2, 0.25) is 5.70 Å². The molecule has 0 heterocycles. The minimum atomic E-state index is -1.65. The van der Waals surface area contributed by atoms with E-state index in [1.807, 2.05) is 13.0 Å². The Hall–Kier alpha value is -2.26. The average Bonchev–Trinajstić information content (AvgIpc) is 2.81. The third kappa shape index (κ3) is 3.28. The van der Waals surface area contributed by atoms with Crippen LogP contribution in [0.4, 0.5) is 0 Å². The predicted molar refractivity (Wildman–Crippen MR) is 139 cm³/mol. The van der Waals surface area contributed by atoms with E-state index in [1.165, 1.54) is 14.0 Å². The summed E-state index contributed by atoms with van der Waals surface area (Å²) in [4.78, 5) is 43.5. The van der Waals surface area contributed by atoms with Gasteiger partial charge in [-0.15, -0.1) is 0 Å². The maximum Gasteiger partial charge on any atom is 0.308 e. The van der Waals surface area contributed by atoms with Crippen molar-refractivity contribution < 1.29 is 24.2 Å². The molecule has 0 radical (unpaired) electrons. The van der Waals surface area contributed by atoms with Crippen LogP contribution < -0.4 is 0 Å². The van der Waals surface area contributed by atoms with E-state index in [-0.39, 0.29) is 63.3 Å². The highest BCUT2D eigenvalue weighted by molar-refractivity contribution is 6.05. The number of nitrogens with zero attached hydrogens (tertiary/aromatic N) is 1. The molecule has 0 aromatic carbocycles. The number of hydrogen-bond donors (Lipinski definition) is 1. The molecule has 6 heteroatoms. The van der Waals surface area contributed by atoms with Gasteiger partial charge in [0, 0.05) is 17.3 Å². The molecule has 0 spiro atoms. The molecule has 1 N–H and O–H groups in total. The number of methoxy groups -OCH3 is 1. The van der Waals surface area contributed by atoms with Crippen molar-refractivity contribution >= 4 is 17.5 Å². The number of carbonyl (C=O) groups is 3. The quantitative estimate of drug-likeness (QED) is 0.384. The van der Waals surface area contributed by atoms with Crippen LogP contribution in [0.1, 0.15) is 80.1 Å². The van der Waals surface area contributed by atoms with E-state index in [0.29, 0.717) is 6.42 Å². The number of allylic oxidation sites excluding steroid dienone is 3. The Balaban J connectivity index is 1.66. The van der Waals surface area contributed by atoms with E-state index in [1.54, 1.807) is 6.08 Å². The lowest BCUT2D eigenvalue weighted by Gasteiger charge is -2.67. The zero-order valence-electron chi connectivity index (χ0n) is 23.3. The number of ketones is 2. The summed E-state index contributed by atoms with van der Waals surface area (Å²) in [5, 5.41) is 11.4. The van der Waals surface area contributed by atoms with Crippen molar-refractivity contribution in [3.05, 3.63) is 34.8 Å². The number of fused-ring (bicyclic) bond motifs is 7. The molecule has 0 aromatic rings. The zero-order valence-corrected chi connectivity index (χ0v) is 23.3. The summed E-state index contributed by atoms with van der Waals surface area (Å²) in [5.74, 6) is -1.11. The van der Waals surface area contributed by atoms with Crippen molar-refractivity contribution in [1.29, 1.82) is 0 Å². The van der Waals surface area contributed by atoms with Crippen molar-refractivity contribution in [1.82, 2.24) is 0 Å². The smallest absolute Gasteiger partial charge is 0.308 e. The summed E-state index contributed by atoms with van der Waals surface area (Å²) < 4.78 is 5.23. The maximum atomic E-state index is 14.2. The van der Waals surface area contributed by atoms with Crippen LogP contribution in [0.2, 0.25) is 0 Å². The monoisotopic (exact) mass is 507 g/mol. The van der Waals surface area contributed by atoms with Crippen molar-refractivity contribution in [2.75, 3.05) is 7.11 Å². The summed E-state index contributed by atoms with van der Waals surface area (Å²) in [5.41, 5.74) is -2.19. The van der Waals surface area contributed by atoms with Crippen molar-refractivity contribution in [3.8, 4) is 0 Å². The summed E-state index contributed by atoms with van der Waals surface area (Å²) in [6, 6.07) is 0. The molecule has 5 aliphatic rings. The van der Waals surface area contributed by atoms with Crippen LogP contribution in [0.5, 0.6) is 0 Å². The summed E-state index contributed by atoms with van der Waals surface area (Å²) in [6.45, 7) is 20.1. The van der Waals surface area contributed by atoms with Gasteiger partial charge in [-0.1, -0.05) is 46.3 Å². The third-order valence-corrected chi connectivity index (χ3v) is 11.9. The normalized spacial score (nSPS) is 48.2. The van der Waals surface area contributed by atoms with E-state index in [9.17, 15) is 19.5 Å². The fraction of sp³-hybridized carbons (Fsp3) is 0.742. The first-order chi connectivity index (χ1) is 17.1. The van der Waals surface area contributed by atoms with Gasteiger partial charge in [0.15, 0.2) is 11.6 Å². The highest BCUT2D eigenvalue weighted by Crippen LogP contribution is 2.72. The van der Waals surface area contributed by atoms with Crippen LogP contribution in [0.15, 0.2) is 23.4 Å². The number of rotatable bonds is 1. The van der Waals surface area contributed by atoms with Gasteiger partial charge < -0.3 is 14.6 Å². The van der Waals surface area contributed by atoms with Crippen LogP contribution in [0.3, 0.4) is 0 Å². The Labute approximate surface area is 220 Å². The van der Waals surface area contributed by atoms with Gasteiger partial charge >= 0.3 is 5.97 Å². The van der Waals surface area contributed by atoms with Crippen LogP contribution in [0.25, 0.3) is 4.85 Å². The first kappa shape index (κ1) is 26.4. The number of esters is 1. The molecule has 0 aliphatic heterocycles. The van der Waals surface area contributed by atoms with Crippen LogP contribution in [0, 0.1) is 57.8 Å². The Morgan fingerprint density at radius 3 is 2.35 bits per heavy atom. The van der Waals surface area contributed by atoms with Crippen LogP contribution >= 0.6 is 0 Å². The standard InChI is InChI=1S/C31H41NO5/c1-27(2)14-18-17(19(15-27)26(35)37-8)9-11-30(5)24(18)21(33)13-23-28(3)16-20(32-7)25(34)31(6,36)22(28)10-12-29(23,30)4/h13,16-19,22,24,36H,9-12,14-15H2,1-6,8H3/t17?,18-,19-,22-,24+,28+,29-,30-,31+/m1/s1. The number of aliphatic hydroxyl groups is 1. The first-order valence-electron chi connectivity index (χ1n) is 13.8. The molecule has 3 fully saturated rings. The number of Topliss-reactive ketones (excluding diaryl/α,β-unsaturated/α-hetero) is 1. The number of hydrogen-bond acceptors (Lipinski definition) is 5. The Morgan fingerprint density at radius 2 is 1.73 bits per heavy atom. The molecule has 0 saturated heterocycles. The molecule has 0 aromatic heterocycles. The van der Waals surface area contributed by atoms with Crippen LogP contribution in [-0.4, -0.2) is 35.4 Å².